The molecule has 3 aliphatic rings. The minimum Gasteiger partial charge on any atom is -0.459 e. The standard InChI is InChI=1S/C36H65NO12/c1-13-26-36(10,43)29(39)23(6)37(11)18-19(2)16-34(8,42)31(49-33-25(38)15-14-20(3)45-33)21(4)28(22(5)32(41)47-26)48-27-17-35(9,44-12)30(40)24(7)46-27/h14-15,19-31,33,38-40,42-43H,13,16-18H2,1-12H3/t19-,20?,21+,22-,23-,24?,25?,26-,27+,28+,29-,30+,31-,33+,34-,35-,36-/m1/s1. The summed E-state index contributed by atoms with van der Waals surface area (Å²) in [4.78, 5) is 16.0. The second-order valence-electron chi connectivity index (χ2n) is 15.7. The van der Waals surface area contributed by atoms with Crippen LogP contribution < -0.4 is 0 Å². The summed E-state index contributed by atoms with van der Waals surface area (Å²) in [5.41, 5.74) is -4.35. The molecule has 0 amide bonds. The normalized spacial score (nSPS) is 49.9. The second-order valence-corrected chi connectivity index (χ2v) is 15.7. The van der Waals surface area contributed by atoms with Gasteiger partial charge in [0, 0.05) is 32.0 Å². The molecule has 0 radical (unpaired) electrons. The lowest BCUT2D eigenvalue weighted by Gasteiger charge is -2.47. The van der Waals surface area contributed by atoms with E-state index >= 15 is 0 Å². The van der Waals surface area contributed by atoms with Gasteiger partial charge in [-0.25, -0.2) is 0 Å². The van der Waals surface area contributed by atoms with Gasteiger partial charge in [0.2, 0.25) is 0 Å². The first-order valence-corrected chi connectivity index (χ1v) is 17.8. The quantitative estimate of drug-likeness (QED) is 0.201. The molecule has 286 valence electrons. The zero-order chi connectivity index (χ0) is 37.2. The van der Waals surface area contributed by atoms with E-state index in [2.05, 4.69) is 0 Å². The van der Waals surface area contributed by atoms with Crippen LogP contribution in [-0.4, -0.2) is 141 Å². The van der Waals surface area contributed by atoms with E-state index in [1.807, 2.05) is 25.8 Å². The highest BCUT2D eigenvalue weighted by Gasteiger charge is 2.52. The summed E-state index contributed by atoms with van der Waals surface area (Å²) in [7, 11) is 3.33. The van der Waals surface area contributed by atoms with E-state index in [4.69, 9.17) is 28.4 Å². The molecule has 3 aliphatic heterocycles. The Hall–Kier alpha value is -1.23. The number of aliphatic hydroxyl groups is 5. The number of carbonyl (C=O) groups is 1. The Balaban J connectivity index is 2.15. The summed E-state index contributed by atoms with van der Waals surface area (Å²) in [5, 5.41) is 57.1. The van der Waals surface area contributed by atoms with Crippen molar-refractivity contribution in [1.29, 1.82) is 0 Å². The highest BCUT2D eigenvalue weighted by molar-refractivity contribution is 5.73. The summed E-state index contributed by atoms with van der Waals surface area (Å²) in [5.74, 6) is -2.57. The van der Waals surface area contributed by atoms with Crippen LogP contribution in [0.1, 0.15) is 88.5 Å². The van der Waals surface area contributed by atoms with Crippen molar-refractivity contribution in [2.24, 2.45) is 17.8 Å². The zero-order valence-electron chi connectivity index (χ0n) is 31.6. The van der Waals surface area contributed by atoms with Gasteiger partial charge in [-0.1, -0.05) is 32.9 Å². The van der Waals surface area contributed by atoms with Crippen LogP contribution in [0.4, 0.5) is 0 Å². The molecule has 17 atom stereocenters. The Morgan fingerprint density at radius 2 is 1.57 bits per heavy atom. The number of rotatable bonds is 6. The highest BCUT2D eigenvalue weighted by Crippen LogP contribution is 2.39. The minimum atomic E-state index is -1.79. The first kappa shape index (κ1) is 42.2. The van der Waals surface area contributed by atoms with Crippen LogP contribution in [-0.2, 0) is 33.2 Å². The molecule has 0 aromatic rings. The molecule has 3 heterocycles. The highest BCUT2D eigenvalue weighted by atomic mass is 16.7. The van der Waals surface area contributed by atoms with E-state index in [-0.39, 0.29) is 31.3 Å². The molecule has 0 aromatic carbocycles. The van der Waals surface area contributed by atoms with Crippen molar-refractivity contribution in [3.63, 3.8) is 0 Å². The molecule has 0 spiro atoms. The number of likely N-dealkylation sites (N-methyl/N-ethyl adjacent to an activating group) is 1. The van der Waals surface area contributed by atoms with Crippen molar-refractivity contribution in [2.75, 3.05) is 20.7 Å². The molecule has 13 nitrogen and oxygen atoms in total. The lowest BCUT2D eigenvalue weighted by Crippen LogP contribution is -2.59. The Kier molecular flexibility index (Phi) is 14.3. The molecule has 13 heteroatoms. The van der Waals surface area contributed by atoms with E-state index in [0.717, 1.165) is 0 Å². The number of ether oxygens (including phenoxy) is 6. The molecule has 5 N–H and O–H groups in total. The van der Waals surface area contributed by atoms with Gasteiger partial charge >= 0.3 is 5.97 Å². The maximum atomic E-state index is 14.1. The van der Waals surface area contributed by atoms with Gasteiger partial charge in [0.25, 0.3) is 0 Å². The summed E-state index contributed by atoms with van der Waals surface area (Å²) < 4.78 is 36.9. The first-order chi connectivity index (χ1) is 22.6. The Labute approximate surface area is 292 Å². The third-order valence-electron chi connectivity index (χ3n) is 11.1. The molecule has 0 saturated carbocycles. The summed E-state index contributed by atoms with van der Waals surface area (Å²) in [6.07, 6.45) is -5.61. The molecule has 0 aromatic heterocycles. The van der Waals surface area contributed by atoms with Crippen molar-refractivity contribution in [3.05, 3.63) is 12.2 Å². The number of nitrogens with zero attached hydrogens (tertiary/aromatic N) is 1. The Morgan fingerprint density at radius 3 is 2.16 bits per heavy atom. The van der Waals surface area contributed by atoms with E-state index in [1.54, 1.807) is 60.6 Å². The van der Waals surface area contributed by atoms with Gasteiger partial charge < -0.3 is 58.9 Å². The minimum absolute atomic E-state index is 0.133. The second kappa shape index (κ2) is 16.6. The fourth-order valence-corrected chi connectivity index (χ4v) is 7.89. The number of hydrogen-bond donors (Lipinski definition) is 5. The molecule has 2 saturated heterocycles. The van der Waals surface area contributed by atoms with Gasteiger partial charge in [-0.2, -0.15) is 0 Å². The lowest BCUT2D eigenvalue weighted by molar-refractivity contribution is -0.309. The maximum Gasteiger partial charge on any atom is 0.311 e. The van der Waals surface area contributed by atoms with Gasteiger partial charge in [-0.15, -0.1) is 0 Å². The van der Waals surface area contributed by atoms with Crippen molar-refractivity contribution in [2.45, 2.75) is 173 Å². The molecule has 3 rings (SSSR count). The van der Waals surface area contributed by atoms with Crippen LogP contribution >= 0.6 is 0 Å². The van der Waals surface area contributed by atoms with Gasteiger partial charge in [0.15, 0.2) is 12.6 Å². The maximum absolute atomic E-state index is 14.1. The van der Waals surface area contributed by atoms with Crippen LogP contribution in [0.5, 0.6) is 0 Å². The molecular weight excluding hydrogens is 638 g/mol. The Bertz CT molecular complexity index is 1100. The van der Waals surface area contributed by atoms with Crippen LogP contribution in [0.3, 0.4) is 0 Å². The fourth-order valence-electron chi connectivity index (χ4n) is 7.89. The van der Waals surface area contributed by atoms with Crippen LogP contribution in [0.25, 0.3) is 0 Å². The number of methoxy groups -OCH3 is 1. The van der Waals surface area contributed by atoms with Gasteiger partial charge in [-0.05, 0) is 74.3 Å². The smallest absolute Gasteiger partial charge is 0.311 e. The summed E-state index contributed by atoms with van der Waals surface area (Å²) in [6, 6.07) is -0.533. The van der Waals surface area contributed by atoms with E-state index in [0.29, 0.717) is 6.54 Å². The van der Waals surface area contributed by atoms with Gasteiger partial charge in [0.05, 0.1) is 41.5 Å². The monoisotopic (exact) mass is 703 g/mol. The first-order valence-electron chi connectivity index (χ1n) is 17.8. The topological polar surface area (TPSA) is 177 Å². The predicted molar refractivity (Wildman–Crippen MR) is 181 cm³/mol. The van der Waals surface area contributed by atoms with E-state index < -0.39 is 96.0 Å². The molecule has 3 unspecified atom stereocenters. The van der Waals surface area contributed by atoms with Crippen molar-refractivity contribution in [1.82, 2.24) is 4.90 Å². The number of esters is 1. The molecule has 2 fully saturated rings. The van der Waals surface area contributed by atoms with Gasteiger partial charge in [0.1, 0.15) is 30.0 Å². The number of cyclic esters (lactones) is 1. The van der Waals surface area contributed by atoms with Crippen LogP contribution in [0.2, 0.25) is 0 Å². The largest absolute Gasteiger partial charge is 0.459 e. The van der Waals surface area contributed by atoms with Gasteiger partial charge in [-0.3, -0.25) is 4.79 Å². The number of hydrogen-bond acceptors (Lipinski definition) is 13. The average molecular weight is 704 g/mol. The lowest BCUT2D eigenvalue weighted by atomic mass is 9.77. The van der Waals surface area contributed by atoms with Crippen molar-refractivity contribution >= 4 is 5.97 Å². The third-order valence-corrected chi connectivity index (χ3v) is 11.1. The number of carbonyl (C=O) groups excluding carboxylic acids is 1. The molecule has 49 heavy (non-hydrogen) atoms. The Morgan fingerprint density at radius 1 is 0.939 bits per heavy atom. The van der Waals surface area contributed by atoms with Crippen LogP contribution in [0.15, 0.2) is 12.2 Å². The third kappa shape index (κ3) is 9.61. The van der Waals surface area contributed by atoms with Crippen molar-refractivity contribution in [3.8, 4) is 0 Å². The zero-order valence-corrected chi connectivity index (χ0v) is 31.6. The summed E-state index contributed by atoms with van der Waals surface area (Å²) in [6.45, 7) is 17.8. The fraction of sp³-hybridized carbons (Fsp3) is 0.917. The van der Waals surface area contributed by atoms with E-state index in [9.17, 15) is 30.3 Å². The number of aliphatic hydroxyl groups excluding tert-OH is 3. The van der Waals surface area contributed by atoms with E-state index in [1.165, 1.54) is 14.0 Å². The molecular formula is C36H65NO12. The molecule has 0 bridgehead atoms. The molecule has 0 aliphatic carbocycles. The summed E-state index contributed by atoms with van der Waals surface area (Å²) >= 11 is 0. The predicted octanol–water partition coefficient (Wildman–Crippen LogP) is 2.14. The van der Waals surface area contributed by atoms with Crippen LogP contribution in [0, 0.1) is 17.8 Å². The average Bonchev–Trinajstić information content (AvgIpc) is 3.02. The van der Waals surface area contributed by atoms with Crippen molar-refractivity contribution < 1.29 is 58.7 Å². The SMILES string of the molecule is CC[C@H]1OC(=O)[C@H](C)[C@@H](O[C@H]2C[C@@](C)(OC)[C@@H](O)C(C)O2)[C@H](C)[C@@H](O[C@@H]2OC(C)C=CC2O)[C@](C)(O)C[C@@H](C)CN(C)[C@H](C)[C@@H](O)[C@]1(C)O.